The summed E-state index contributed by atoms with van der Waals surface area (Å²) in [5.74, 6) is 0.635. The van der Waals surface area contributed by atoms with Crippen LogP contribution in [0.5, 0.6) is 0 Å². The first-order valence-electron chi connectivity index (χ1n) is 8.61. The Balaban J connectivity index is 2.20. The molecule has 1 amide bonds. The fourth-order valence-electron chi connectivity index (χ4n) is 2.77. The highest BCUT2D eigenvalue weighted by atomic mass is 16.3. The molecule has 136 valence electrons. The van der Waals surface area contributed by atoms with E-state index in [1.807, 2.05) is 26.0 Å². The predicted octanol–water partition coefficient (Wildman–Crippen LogP) is 2.75. The Labute approximate surface area is 149 Å². The summed E-state index contributed by atoms with van der Waals surface area (Å²) in [6.07, 6.45) is 2.17. The Morgan fingerprint density at radius 3 is 2.48 bits per heavy atom. The van der Waals surface area contributed by atoms with Gasteiger partial charge in [0.05, 0.1) is 11.3 Å². The van der Waals surface area contributed by atoms with Crippen molar-refractivity contribution >= 4 is 5.91 Å². The number of rotatable bonds is 6. The minimum absolute atomic E-state index is 0.0117. The van der Waals surface area contributed by atoms with Crippen LogP contribution < -0.4 is 0 Å². The minimum Gasteiger partial charge on any atom is -0.396 e. The molecule has 2 rings (SSSR count). The molecule has 0 atom stereocenters. The lowest BCUT2D eigenvalue weighted by Crippen LogP contribution is -2.38. The zero-order chi connectivity index (χ0) is 18.6. The molecule has 0 spiro atoms. The summed E-state index contributed by atoms with van der Waals surface area (Å²) in [6, 6.07) is 5.59. The van der Waals surface area contributed by atoms with E-state index in [9.17, 15) is 4.79 Å². The predicted molar refractivity (Wildman–Crippen MR) is 97.9 cm³/mol. The highest BCUT2D eigenvalue weighted by Gasteiger charge is 2.22. The molecule has 25 heavy (non-hydrogen) atoms. The second-order valence-corrected chi connectivity index (χ2v) is 7.61. The van der Waals surface area contributed by atoms with Crippen molar-refractivity contribution in [2.24, 2.45) is 5.41 Å². The second-order valence-electron chi connectivity index (χ2n) is 7.61. The van der Waals surface area contributed by atoms with Crippen LogP contribution in [-0.2, 0) is 0 Å². The van der Waals surface area contributed by atoms with Gasteiger partial charge in [-0.2, -0.15) is 5.10 Å². The van der Waals surface area contributed by atoms with E-state index >= 15 is 0 Å². The lowest BCUT2D eigenvalue weighted by Gasteiger charge is -2.30. The van der Waals surface area contributed by atoms with Crippen molar-refractivity contribution in [3.63, 3.8) is 0 Å². The van der Waals surface area contributed by atoms with E-state index in [1.165, 1.54) is 0 Å². The Morgan fingerprint density at radius 1 is 1.28 bits per heavy atom. The second kappa shape index (κ2) is 7.78. The van der Waals surface area contributed by atoms with Gasteiger partial charge in [-0.3, -0.25) is 4.79 Å². The Bertz CT molecular complexity index is 714. The molecule has 0 bridgehead atoms. The Hall–Kier alpha value is -2.21. The molecule has 0 saturated heterocycles. The van der Waals surface area contributed by atoms with Crippen LogP contribution in [0, 0.1) is 19.3 Å². The molecule has 0 aromatic carbocycles. The SMILES string of the molecule is Cc1cc(C)n(-c2ccc(C(=O)N(CCCO)CC(C)(C)C)cn2)n1. The molecule has 6 heteroatoms. The van der Waals surface area contributed by atoms with Gasteiger partial charge in [-0.25, -0.2) is 9.67 Å². The number of amides is 1. The molecule has 6 nitrogen and oxygen atoms in total. The van der Waals surface area contributed by atoms with Gasteiger partial charge in [-0.05, 0) is 43.9 Å². The van der Waals surface area contributed by atoms with Crippen molar-refractivity contribution in [2.45, 2.75) is 41.0 Å². The maximum atomic E-state index is 12.8. The van der Waals surface area contributed by atoms with E-state index in [4.69, 9.17) is 5.11 Å². The number of aliphatic hydroxyl groups is 1. The first-order chi connectivity index (χ1) is 11.7. The zero-order valence-electron chi connectivity index (χ0n) is 15.8. The summed E-state index contributed by atoms with van der Waals surface area (Å²) in [6.45, 7) is 11.4. The van der Waals surface area contributed by atoms with Gasteiger partial charge in [0.2, 0.25) is 0 Å². The molecule has 2 aromatic rings. The quantitative estimate of drug-likeness (QED) is 0.875. The molecule has 0 saturated carbocycles. The summed E-state index contributed by atoms with van der Waals surface area (Å²) in [5.41, 5.74) is 2.47. The highest BCUT2D eigenvalue weighted by molar-refractivity contribution is 5.94. The lowest BCUT2D eigenvalue weighted by molar-refractivity contribution is 0.0682. The summed E-state index contributed by atoms with van der Waals surface area (Å²) >= 11 is 0. The van der Waals surface area contributed by atoms with Crippen LogP contribution in [0.2, 0.25) is 0 Å². The third-order valence-electron chi connectivity index (χ3n) is 3.76. The molecular weight excluding hydrogens is 316 g/mol. The maximum Gasteiger partial charge on any atom is 0.255 e. The first kappa shape index (κ1) is 19.1. The minimum atomic E-state index is -0.0595. The van der Waals surface area contributed by atoms with Gasteiger partial charge in [0.1, 0.15) is 0 Å². The number of aromatic nitrogens is 3. The smallest absolute Gasteiger partial charge is 0.255 e. The number of pyridine rings is 1. The monoisotopic (exact) mass is 344 g/mol. The maximum absolute atomic E-state index is 12.8. The molecule has 2 heterocycles. The highest BCUT2D eigenvalue weighted by Crippen LogP contribution is 2.18. The van der Waals surface area contributed by atoms with E-state index < -0.39 is 0 Å². The molecule has 0 radical (unpaired) electrons. The third kappa shape index (κ3) is 5.13. The molecule has 0 fully saturated rings. The van der Waals surface area contributed by atoms with Crippen LogP contribution in [0.15, 0.2) is 24.4 Å². The van der Waals surface area contributed by atoms with Crippen LogP contribution in [0.3, 0.4) is 0 Å². The topological polar surface area (TPSA) is 71.2 Å². The zero-order valence-corrected chi connectivity index (χ0v) is 15.8. The Kier molecular flexibility index (Phi) is 5.95. The van der Waals surface area contributed by atoms with Gasteiger partial charge in [0.25, 0.3) is 5.91 Å². The number of carbonyl (C=O) groups excluding carboxylic acids is 1. The lowest BCUT2D eigenvalue weighted by atomic mass is 9.95. The summed E-state index contributed by atoms with van der Waals surface area (Å²) < 4.78 is 1.77. The van der Waals surface area contributed by atoms with Gasteiger partial charge in [-0.15, -0.1) is 0 Å². The Morgan fingerprint density at radius 2 is 2.00 bits per heavy atom. The number of hydrogen-bond acceptors (Lipinski definition) is 4. The van der Waals surface area contributed by atoms with Gasteiger partial charge in [0, 0.05) is 31.6 Å². The average Bonchev–Trinajstić information content (AvgIpc) is 2.88. The van der Waals surface area contributed by atoms with Crippen LogP contribution in [-0.4, -0.2) is 50.4 Å². The molecule has 2 aromatic heterocycles. The molecule has 0 aliphatic heterocycles. The molecule has 0 aliphatic rings. The fraction of sp³-hybridized carbons (Fsp3) is 0.526. The number of aryl methyl sites for hydroxylation is 2. The normalized spacial score (nSPS) is 11.6. The first-order valence-corrected chi connectivity index (χ1v) is 8.61. The van der Waals surface area contributed by atoms with Crippen molar-refractivity contribution in [3.8, 4) is 5.82 Å². The van der Waals surface area contributed by atoms with E-state index in [2.05, 4.69) is 30.9 Å². The van der Waals surface area contributed by atoms with Gasteiger partial charge in [0.15, 0.2) is 5.82 Å². The van der Waals surface area contributed by atoms with E-state index in [-0.39, 0.29) is 17.9 Å². The summed E-state index contributed by atoms with van der Waals surface area (Å²) in [5, 5.41) is 13.5. The standard InChI is InChI=1S/C19H28N4O2/c1-14-11-15(2)23(21-14)17-8-7-16(12-20-17)18(25)22(9-6-10-24)13-19(3,4)5/h7-8,11-12,24H,6,9-10,13H2,1-5H3. The molecule has 0 aliphatic carbocycles. The third-order valence-corrected chi connectivity index (χ3v) is 3.76. The largest absolute Gasteiger partial charge is 0.396 e. The van der Waals surface area contributed by atoms with E-state index in [0.29, 0.717) is 30.9 Å². The number of aliphatic hydroxyl groups excluding tert-OH is 1. The van der Waals surface area contributed by atoms with Gasteiger partial charge < -0.3 is 10.0 Å². The van der Waals surface area contributed by atoms with E-state index in [0.717, 1.165) is 11.4 Å². The van der Waals surface area contributed by atoms with Crippen molar-refractivity contribution < 1.29 is 9.90 Å². The number of nitrogens with zero attached hydrogens (tertiary/aromatic N) is 4. The number of hydrogen-bond donors (Lipinski definition) is 1. The van der Waals surface area contributed by atoms with Crippen LogP contribution in [0.4, 0.5) is 0 Å². The van der Waals surface area contributed by atoms with Crippen molar-refractivity contribution in [1.82, 2.24) is 19.7 Å². The summed E-state index contributed by atoms with van der Waals surface area (Å²) in [4.78, 5) is 19.0. The molecule has 0 unspecified atom stereocenters. The number of carbonyl (C=O) groups is 1. The fourth-order valence-corrected chi connectivity index (χ4v) is 2.77. The van der Waals surface area contributed by atoms with E-state index in [1.54, 1.807) is 21.8 Å². The molecule has 1 N–H and O–H groups in total. The van der Waals surface area contributed by atoms with Crippen LogP contribution in [0.1, 0.15) is 48.9 Å². The van der Waals surface area contributed by atoms with Crippen LogP contribution >= 0.6 is 0 Å². The van der Waals surface area contributed by atoms with Crippen molar-refractivity contribution in [2.75, 3.05) is 19.7 Å². The molecular formula is C19H28N4O2. The summed E-state index contributed by atoms with van der Waals surface area (Å²) in [7, 11) is 0. The van der Waals surface area contributed by atoms with Crippen LogP contribution in [0.25, 0.3) is 5.82 Å². The van der Waals surface area contributed by atoms with Crippen molar-refractivity contribution in [3.05, 3.63) is 41.3 Å². The van der Waals surface area contributed by atoms with Crippen molar-refractivity contribution in [1.29, 1.82) is 0 Å². The van der Waals surface area contributed by atoms with Gasteiger partial charge in [-0.1, -0.05) is 20.8 Å². The van der Waals surface area contributed by atoms with Gasteiger partial charge >= 0.3 is 0 Å². The average molecular weight is 344 g/mol.